The number of amides is 1. The first-order valence-electron chi connectivity index (χ1n) is 7.04. The van der Waals surface area contributed by atoms with Gasteiger partial charge in [0.2, 0.25) is 0 Å². The first kappa shape index (κ1) is 15.9. The zero-order chi connectivity index (χ0) is 16.9. The van der Waals surface area contributed by atoms with Crippen LogP contribution in [0.2, 0.25) is 0 Å². The van der Waals surface area contributed by atoms with E-state index < -0.39 is 11.8 Å². The maximum absolute atomic E-state index is 13.1. The zero-order valence-electron chi connectivity index (χ0n) is 12.4. The summed E-state index contributed by atoms with van der Waals surface area (Å²) in [6.45, 7) is 0. The third-order valence-electron chi connectivity index (χ3n) is 3.13. The molecule has 0 aliphatic heterocycles. The molecule has 1 aromatic heterocycles. The highest BCUT2D eigenvalue weighted by molar-refractivity contribution is 7.12. The van der Waals surface area contributed by atoms with Crippen LogP contribution in [0.25, 0.3) is 0 Å². The average molecular weight is 341 g/mol. The summed E-state index contributed by atoms with van der Waals surface area (Å²) in [5, 5.41) is 4.57. The van der Waals surface area contributed by atoms with Gasteiger partial charge in [-0.2, -0.15) is 0 Å². The van der Waals surface area contributed by atoms with E-state index in [2.05, 4.69) is 5.32 Å². The van der Waals surface area contributed by atoms with Crippen molar-refractivity contribution in [3.05, 3.63) is 82.3 Å². The van der Waals surface area contributed by atoms with Gasteiger partial charge >= 0.3 is 5.97 Å². The average Bonchev–Trinajstić information content (AvgIpc) is 3.11. The van der Waals surface area contributed by atoms with Crippen molar-refractivity contribution in [2.75, 3.05) is 5.32 Å². The number of benzene rings is 2. The highest BCUT2D eigenvalue weighted by Gasteiger charge is 2.10. The molecule has 1 N–H and O–H groups in total. The van der Waals surface area contributed by atoms with Gasteiger partial charge in [-0.15, -0.1) is 11.3 Å². The second-order valence-electron chi connectivity index (χ2n) is 4.86. The molecule has 3 aromatic rings. The molecular weight excluding hydrogens is 329 g/mol. The molecular formula is C18H12FNO3S. The van der Waals surface area contributed by atoms with Gasteiger partial charge in [-0.1, -0.05) is 12.1 Å². The molecule has 0 spiro atoms. The van der Waals surface area contributed by atoms with E-state index in [9.17, 15) is 14.0 Å². The van der Waals surface area contributed by atoms with Crippen LogP contribution in [0.4, 0.5) is 10.1 Å². The molecule has 0 bridgehead atoms. The summed E-state index contributed by atoms with van der Waals surface area (Å²) in [6.07, 6.45) is 0. The number of anilines is 1. The van der Waals surface area contributed by atoms with E-state index in [1.165, 1.54) is 29.5 Å². The number of rotatable bonds is 4. The Morgan fingerprint density at radius 2 is 1.79 bits per heavy atom. The van der Waals surface area contributed by atoms with Gasteiger partial charge in [-0.25, -0.2) is 9.18 Å². The van der Waals surface area contributed by atoms with Crippen molar-refractivity contribution >= 4 is 28.9 Å². The van der Waals surface area contributed by atoms with Crippen LogP contribution in [0.1, 0.15) is 20.0 Å². The topological polar surface area (TPSA) is 55.4 Å². The molecule has 2 aromatic carbocycles. The van der Waals surface area contributed by atoms with E-state index in [0.717, 1.165) is 6.07 Å². The summed E-state index contributed by atoms with van der Waals surface area (Å²) in [5.41, 5.74) is 0.712. The maximum atomic E-state index is 13.1. The SMILES string of the molecule is O=C(Oc1ccc(NC(=O)c2cccs2)cc1)c1cccc(F)c1. The summed E-state index contributed by atoms with van der Waals surface area (Å²) in [4.78, 5) is 24.5. The lowest BCUT2D eigenvalue weighted by Gasteiger charge is -2.07. The lowest BCUT2D eigenvalue weighted by molar-refractivity contribution is 0.0734. The molecule has 0 radical (unpaired) electrons. The van der Waals surface area contributed by atoms with Gasteiger partial charge in [0.1, 0.15) is 11.6 Å². The molecule has 6 heteroatoms. The maximum Gasteiger partial charge on any atom is 0.343 e. The highest BCUT2D eigenvalue weighted by atomic mass is 32.1. The van der Waals surface area contributed by atoms with Gasteiger partial charge in [-0.3, -0.25) is 4.79 Å². The summed E-state index contributed by atoms with van der Waals surface area (Å²) in [7, 11) is 0. The van der Waals surface area contributed by atoms with E-state index in [-0.39, 0.29) is 11.5 Å². The molecule has 120 valence electrons. The molecule has 0 fully saturated rings. The number of esters is 1. The molecule has 1 amide bonds. The Balaban J connectivity index is 1.64. The van der Waals surface area contributed by atoms with Crippen molar-refractivity contribution in [2.24, 2.45) is 0 Å². The molecule has 0 aliphatic carbocycles. The van der Waals surface area contributed by atoms with Crippen molar-refractivity contribution in [1.29, 1.82) is 0 Å². The number of carbonyl (C=O) groups is 2. The number of thiophene rings is 1. The third kappa shape index (κ3) is 3.85. The molecule has 4 nitrogen and oxygen atoms in total. The van der Waals surface area contributed by atoms with Gasteiger partial charge in [0.15, 0.2) is 0 Å². The van der Waals surface area contributed by atoms with E-state index >= 15 is 0 Å². The molecule has 0 atom stereocenters. The largest absolute Gasteiger partial charge is 0.423 e. The minimum Gasteiger partial charge on any atom is -0.423 e. The monoisotopic (exact) mass is 341 g/mol. The predicted octanol–water partition coefficient (Wildman–Crippen LogP) is 4.36. The van der Waals surface area contributed by atoms with Crippen molar-refractivity contribution in [1.82, 2.24) is 0 Å². The molecule has 0 unspecified atom stereocenters. The quantitative estimate of drug-likeness (QED) is 0.567. The molecule has 3 rings (SSSR count). The highest BCUT2D eigenvalue weighted by Crippen LogP contribution is 2.19. The molecule has 0 saturated carbocycles. The third-order valence-corrected chi connectivity index (χ3v) is 4.00. The number of halogens is 1. The fourth-order valence-corrected chi connectivity index (χ4v) is 2.61. The minimum absolute atomic E-state index is 0.130. The smallest absolute Gasteiger partial charge is 0.343 e. The van der Waals surface area contributed by atoms with Crippen LogP contribution in [0.15, 0.2) is 66.0 Å². The molecule has 24 heavy (non-hydrogen) atoms. The lowest BCUT2D eigenvalue weighted by atomic mass is 10.2. The second kappa shape index (κ2) is 7.06. The predicted molar refractivity (Wildman–Crippen MR) is 90.1 cm³/mol. The van der Waals surface area contributed by atoms with Gasteiger partial charge < -0.3 is 10.1 Å². The van der Waals surface area contributed by atoms with E-state index in [1.807, 2.05) is 5.38 Å². The summed E-state index contributed by atoms with van der Waals surface area (Å²) in [5.74, 6) is -1.05. The molecule has 1 heterocycles. The minimum atomic E-state index is -0.648. The summed E-state index contributed by atoms with van der Waals surface area (Å²) < 4.78 is 18.3. The van der Waals surface area contributed by atoms with Gasteiger partial charge in [-0.05, 0) is 53.9 Å². The Bertz CT molecular complexity index is 860. The molecule has 0 aliphatic rings. The van der Waals surface area contributed by atoms with Crippen molar-refractivity contribution in [3.8, 4) is 5.75 Å². The van der Waals surface area contributed by atoms with Crippen LogP contribution in [0.3, 0.4) is 0 Å². The first-order chi connectivity index (χ1) is 11.6. The number of nitrogens with one attached hydrogen (secondary N) is 1. The van der Waals surface area contributed by atoms with Crippen LogP contribution in [-0.2, 0) is 0 Å². The number of hydrogen-bond donors (Lipinski definition) is 1. The standard InChI is InChI=1S/C18H12FNO3S/c19-13-4-1-3-12(11-13)18(22)23-15-8-6-14(7-9-15)20-17(21)16-5-2-10-24-16/h1-11H,(H,20,21). The van der Waals surface area contributed by atoms with Gasteiger partial charge in [0.25, 0.3) is 5.91 Å². The number of carbonyl (C=O) groups excluding carboxylic acids is 2. The summed E-state index contributed by atoms with van der Waals surface area (Å²) >= 11 is 1.35. The van der Waals surface area contributed by atoms with Crippen LogP contribution >= 0.6 is 11.3 Å². The van der Waals surface area contributed by atoms with Crippen molar-refractivity contribution in [3.63, 3.8) is 0 Å². The van der Waals surface area contributed by atoms with E-state index in [4.69, 9.17) is 4.74 Å². The van der Waals surface area contributed by atoms with Crippen LogP contribution in [0, 0.1) is 5.82 Å². The second-order valence-corrected chi connectivity index (χ2v) is 5.80. The van der Waals surface area contributed by atoms with E-state index in [0.29, 0.717) is 16.3 Å². The van der Waals surface area contributed by atoms with Crippen LogP contribution < -0.4 is 10.1 Å². The Morgan fingerprint density at radius 3 is 2.46 bits per heavy atom. The van der Waals surface area contributed by atoms with Gasteiger partial charge in [0, 0.05) is 5.69 Å². The van der Waals surface area contributed by atoms with Gasteiger partial charge in [0.05, 0.1) is 10.4 Å². The fourth-order valence-electron chi connectivity index (χ4n) is 1.99. The Kier molecular flexibility index (Phi) is 4.67. The summed E-state index contributed by atoms with van der Waals surface area (Å²) in [6, 6.07) is 15.2. The molecule has 0 saturated heterocycles. The van der Waals surface area contributed by atoms with Crippen molar-refractivity contribution in [2.45, 2.75) is 0 Å². The fraction of sp³-hybridized carbons (Fsp3) is 0. The van der Waals surface area contributed by atoms with Crippen LogP contribution in [-0.4, -0.2) is 11.9 Å². The van der Waals surface area contributed by atoms with Crippen molar-refractivity contribution < 1.29 is 18.7 Å². The lowest BCUT2D eigenvalue weighted by Crippen LogP contribution is -2.10. The Hall–Kier alpha value is -2.99. The van der Waals surface area contributed by atoms with E-state index in [1.54, 1.807) is 36.4 Å². The normalized spacial score (nSPS) is 10.2. The Labute approximate surface area is 141 Å². The number of hydrogen-bond acceptors (Lipinski definition) is 4. The zero-order valence-corrected chi connectivity index (χ0v) is 13.2. The first-order valence-corrected chi connectivity index (χ1v) is 7.92. The Morgan fingerprint density at radius 1 is 1.00 bits per heavy atom. The van der Waals surface area contributed by atoms with Crippen LogP contribution in [0.5, 0.6) is 5.75 Å². The number of ether oxygens (including phenoxy) is 1.